The number of rotatable bonds is 6. The van der Waals surface area contributed by atoms with Gasteiger partial charge in [-0.15, -0.1) is 0 Å². The van der Waals surface area contributed by atoms with Gasteiger partial charge in [0, 0.05) is 13.0 Å². The van der Waals surface area contributed by atoms with Gasteiger partial charge in [0.1, 0.15) is 6.10 Å². The van der Waals surface area contributed by atoms with E-state index >= 15 is 0 Å². The van der Waals surface area contributed by atoms with E-state index in [0.29, 0.717) is 11.1 Å². The third-order valence-electron chi connectivity index (χ3n) is 7.41. The molecule has 0 aromatic heterocycles. The molecule has 0 amide bonds. The molecule has 0 N–H and O–H groups in total. The fourth-order valence-corrected chi connectivity index (χ4v) is 5.52. The van der Waals surface area contributed by atoms with Crippen molar-refractivity contribution in [2.75, 3.05) is 7.11 Å². The van der Waals surface area contributed by atoms with Gasteiger partial charge in [-0.2, -0.15) is 0 Å². The maximum atomic E-state index is 13.5. The lowest BCUT2D eigenvalue weighted by Gasteiger charge is -2.49. The number of methoxy groups -OCH3 is 1. The Morgan fingerprint density at radius 1 is 0.658 bits per heavy atom. The maximum absolute atomic E-state index is 13.5. The molecule has 1 aliphatic carbocycles. The molecule has 192 valence electrons. The van der Waals surface area contributed by atoms with Crippen LogP contribution in [-0.2, 0) is 19.8 Å². The van der Waals surface area contributed by atoms with Crippen LogP contribution in [0.5, 0.6) is 0 Å². The third-order valence-corrected chi connectivity index (χ3v) is 7.41. The van der Waals surface area contributed by atoms with Gasteiger partial charge in [-0.25, -0.2) is 9.59 Å². The highest BCUT2D eigenvalue weighted by atomic mass is 16.6. The third kappa shape index (κ3) is 4.39. The number of esters is 2. The predicted octanol–water partition coefficient (Wildman–Crippen LogP) is 6.45. The molecule has 4 aromatic rings. The maximum Gasteiger partial charge on any atom is 0.338 e. The van der Waals surface area contributed by atoms with E-state index in [1.807, 2.05) is 74.5 Å². The van der Waals surface area contributed by atoms with E-state index in [1.54, 1.807) is 55.6 Å². The summed E-state index contributed by atoms with van der Waals surface area (Å²) >= 11 is 0. The van der Waals surface area contributed by atoms with Crippen LogP contribution in [-0.4, -0.2) is 31.3 Å². The van der Waals surface area contributed by atoms with E-state index in [4.69, 9.17) is 14.2 Å². The number of ether oxygens (including phenoxy) is 3. The molecule has 0 fully saturated rings. The predicted molar refractivity (Wildman–Crippen MR) is 145 cm³/mol. The Labute approximate surface area is 223 Å². The Bertz CT molecular complexity index is 1430. The average molecular weight is 507 g/mol. The Balaban J connectivity index is 1.71. The second kappa shape index (κ2) is 10.6. The smallest absolute Gasteiger partial charge is 0.338 e. The summed E-state index contributed by atoms with van der Waals surface area (Å²) in [5.74, 6) is -1.28. The molecule has 4 aromatic carbocycles. The minimum atomic E-state index is -1.22. The van der Waals surface area contributed by atoms with Crippen LogP contribution in [0.15, 0.2) is 109 Å². The molecule has 0 radical (unpaired) electrons. The highest BCUT2D eigenvalue weighted by Crippen LogP contribution is 2.51. The minimum absolute atomic E-state index is 0.278. The number of carbonyl (C=O) groups is 2. The molecular formula is C33H30O5. The van der Waals surface area contributed by atoms with E-state index in [2.05, 4.69) is 0 Å². The van der Waals surface area contributed by atoms with Crippen molar-refractivity contribution in [3.05, 3.63) is 143 Å². The molecule has 0 saturated carbocycles. The molecule has 5 rings (SSSR count). The van der Waals surface area contributed by atoms with Crippen molar-refractivity contribution in [1.82, 2.24) is 0 Å². The van der Waals surface area contributed by atoms with Gasteiger partial charge in [-0.05, 0) is 53.4 Å². The lowest BCUT2D eigenvalue weighted by atomic mass is 9.67. The first-order valence-electron chi connectivity index (χ1n) is 12.7. The van der Waals surface area contributed by atoms with Crippen molar-refractivity contribution in [1.29, 1.82) is 0 Å². The van der Waals surface area contributed by atoms with Crippen LogP contribution < -0.4 is 0 Å². The Morgan fingerprint density at radius 2 is 1.16 bits per heavy atom. The van der Waals surface area contributed by atoms with Crippen molar-refractivity contribution in [2.24, 2.45) is 0 Å². The van der Waals surface area contributed by atoms with Crippen LogP contribution >= 0.6 is 0 Å². The summed E-state index contributed by atoms with van der Waals surface area (Å²) in [6.07, 6.45) is -1.80. The summed E-state index contributed by atoms with van der Waals surface area (Å²) in [4.78, 5) is 26.9. The Morgan fingerprint density at radius 3 is 1.74 bits per heavy atom. The van der Waals surface area contributed by atoms with Gasteiger partial charge >= 0.3 is 11.9 Å². The number of fused-ring (bicyclic) bond motifs is 1. The van der Waals surface area contributed by atoms with E-state index in [0.717, 1.165) is 22.3 Å². The van der Waals surface area contributed by atoms with Gasteiger partial charge in [0.25, 0.3) is 0 Å². The summed E-state index contributed by atoms with van der Waals surface area (Å²) in [7, 11) is 1.61. The van der Waals surface area contributed by atoms with E-state index in [-0.39, 0.29) is 5.92 Å². The molecule has 5 nitrogen and oxygen atoms in total. The quantitative estimate of drug-likeness (QED) is 0.281. The van der Waals surface area contributed by atoms with E-state index in [1.165, 1.54) is 0 Å². The minimum Gasteiger partial charge on any atom is -0.454 e. The monoisotopic (exact) mass is 506 g/mol. The molecule has 0 saturated heterocycles. The van der Waals surface area contributed by atoms with Crippen LogP contribution in [0.25, 0.3) is 0 Å². The number of aryl methyl sites for hydroxylation is 1. The van der Waals surface area contributed by atoms with Crippen LogP contribution in [0.2, 0.25) is 0 Å². The number of carbonyl (C=O) groups excluding carboxylic acids is 2. The summed E-state index contributed by atoms with van der Waals surface area (Å²) in [6.45, 7) is 3.99. The first-order valence-corrected chi connectivity index (χ1v) is 12.7. The second-order valence-corrected chi connectivity index (χ2v) is 9.56. The van der Waals surface area contributed by atoms with Crippen molar-refractivity contribution in [3.63, 3.8) is 0 Å². The highest BCUT2D eigenvalue weighted by molar-refractivity contribution is 5.90. The Hall–Kier alpha value is -4.22. The van der Waals surface area contributed by atoms with Gasteiger partial charge in [0.05, 0.1) is 11.1 Å². The van der Waals surface area contributed by atoms with Crippen LogP contribution in [0, 0.1) is 6.92 Å². The molecule has 0 spiro atoms. The van der Waals surface area contributed by atoms with Gasteiger partial charge in [0.15, 0.2) is 11.7 Å². The zero-order valence-corrected chi connectivity index (χ0v) is 21.7. The second-order valence-electron chi connectivity index (χ2n) is 9.56. The van der Waals surface area contributed by atoms with Crippen molar-refractivity contribution in [3.8, 4) is 0 Å². The summed E-state index contributed by atoms with van der Waals surface area (Å²) in [5, 5.41) is 0. The highest BCUT2D eigenvalue weighted by Gasteiger charge is 2.57. The fourth-order valence-electron chi connectivity index (χ4n) is 5.52. The topological polar surface area (TPSA) is 61.8 Å². The zero-order chi connectivity index (χ0) is 26.7. The van der Waals surface area contributed by atoms with Crippen molar-refractivity contribution >= 4 is 11.9 Å². The first-order chi connectivity index (χ1) is 18.5. The summed E-state index contributed by atoms with van der Waals surface area (Å²) < 4.78 is 19.0. The van der Waals surface area contributed by atoms with Crippen molar-refractivity contribution < 1.29 is 23.8 Å². The molecule has 0 bridgehead atoms. The molecule has 1 aliphatic rings. The fraction of sp³-hybridized carbons (Fsp3) is 0.212. The van der Waals surface area contributed by atoms with E-state index in [9.17, 15) is 9.59 Å². The summed E-state index contributed by atoms with van der Waals surface area (Å²) in [5.41, 5.74) is 3.26. The standard InChI is InChI=1S/C33H30O5/c1-22-14-10-12-20-27(22)33(36-3)28-21-13-11-19-26(28)23(2)29(37-31(34)24-15-6-4-7-16-24)30(33)38-32(35)25-17-8-5-9-18-25/h4-21,23,29-30H,1-3H3. The molecule has 38 heavy (non-hydrogen) atoms. The van der Waals surface area contributed by atoms with E-state index < -0.39 is 29.7 Å². The largest absolute Gasteiger partial charge is 0.454 e. The van der Waals surface area contributed by atoms with Crippen LogP contribution in [0.1, 0.15) is 55.8 Å². The lowest BCUT2D eigenvalue weighted by Crippen LogP contribution is -2.57. The molecule has 4 unspecified atom stereocenters. The van der Waals surface area contributed by atoms with Gasteiger partial charge in [-0.3, -0.25) is 0 Å². The Kier molecular flexibility index (Phi) is 7.12. The van der Waals surface area contributed by atoms with Crippen molar-refractivity contribution in [2.45, 2.75) is 37.6 Å². The number of hydrogen-bond donors (Lipinski definition) is 0. The van der Waals surface area contributed by atoms with Gasteiger partial charge in [-0.1, -0.05) is 91.9 Å². The van der Waals surface area contributed by atoms with Crippen LogP contribution in [0.3, 0.4) is 0 Å². The number of benzene rings is 4. The molecule has 0 heterocycles. The number of hydrogen-bond acceptors (Lipinski definition) is 5. The van der Waals surface area contributed by atoms with Crippen LogP contribution in [0.4, 0.5) is 0 Å². The SMILES string of the molecule is COC1(c2ccccc2C)c2ccccc2C(C)C(OC(=O)c2ccccc2)C1OC(=O)c1ccccc1. The first kappa shape index (κ1) is 25.4. The molecule has 0 aliphatic heterocycles. The van der Waals surface area contributed by atoms with Gasteiger partial charge < -0.3 is 14.2 Å². The molecular weight excluding hydrogens is 476 g/mol. The molecule has 4 atom stereocenters. The van der Waals surface area contributed by atoms with Gasteiger partial charge in [0.2, 0.25) is 0 Å². The normalized spacial score (nSPS) is 22.2. The zero-order valence-electron chi connectivity index (χ0n) is 21.7. The lowest BCUT2D eigenvalue weighted by molar-refractivity contribution is -0.147. The average Bonchev–Trinajstić information content (AvgIpc) is 2.97. The summed E-state index contributed by atoms with van der Waals surface area (Å²) in [6, 6.07) is 33.4. The molecule has 5 heteroatoms.